The largest absolute Gasteiger partial charge is 0.359 e. The Kier molecular flexibility index (Phi) is 2.12. The molecule has 1 N–H and O–H groups in total. The third-order valence-corrected chi connectivity index (χ3v) is 2.27. The lowest BCUT2D eigenvalue weighted by Gasteiger charge is -1.97. The van der Waals surface area contributed by atoms with Gasteiger partial charge in [-0.15, -0.1) is 0 Å². The highest BCUT2D eigenvalue weighted by atomic mass is 16.1. The van der Waals surface area contributed by atoms with Crippen molar-refractivity contribution in [1.82, 2.24) is 4.98 Å². The van der Waals surface area contributed by atoms with Crippen molar-refractivity contribution in [1.29, 1.82) is 0 Å². The molecule has 72 valence electrons. The number of Topliss-reactive ketones (excluding diaryl/α,β-unsaturated/α-hetero) is 1. The van der Waals surface area contributed by atoms with Crippen LogP contribution >= 0.6 is 0 Å². The number of aromatic amines is 1. The first-order valence-corrected chi connectivity index (χ1v) is 4.73. The highest BCUT2D eigenvalue weighted by Crippen LogP contribution is 2.17. The zero-order valence-corrected chi connectivity index (χ0v) is 8.42. The van der Waals surface area contributed by atoms with Crippen LogP contribution in [0.1, 0.15) is 18.2 Å². The summed E-state index contributed by atoms with van der Waals surface area (Å²) >= 11 is 0. The molecule has 1 aromatic carbocycles. The van der Waals surface area contributed by atoms with Crippen molar-refractivity contribution in [2.45, 2.75) is 20.3 Å². The van der Waals surface area contributed by atoms with Gasteiger partial charge in [0, 0.05) is 17.6 Å². The van der Waals surface area contributed by atoms with Gasteiger partial charge >= 0.3 is 0 Å². The molecule has 2 nitrogen and oxygen atoms in total. The minimum atomic E-state index is 0.205. The number of aromatic nitrogens is 1. The van der Waals surface area contributed by atoms with Crippen molar-refractivity contribution in [3.63, 3.8) is 0 Å². The molecule has 0 saturated heterocycles. The molecule has 1 aromatic heterocycles. The third-order valence-electron chi connectivity index (χ3n) is 2.27. The third kappa shape index (κ3) is 1.69. The Morgan fingerprint density at radius 3 is 2.86 bits per heavy atom. The highest BCUT2D eigenvalue weighted by molar-refractivity contribution is 5.84. The molecular formula is C12H13NO. The lowest BCUT2D eigenvalue weighted by molar-refractivity contribution is -0.116. The van der Waals surface area contributed by atoms with Gasteiger partial charge in [0.15, 0.2) is 0 Å². The fraction of sp³-hybridized carbons (Fsp3) is 0.250. The summed E-state index contributed by atoms with van der Waals surface area (Å²) in [4.78, 5) is 14.2. The van der Waals surface area contributed by atoms with Crippen LogP contribution in [0.25, 0.3) is 10.9 Å². The van der Waals surface area contributed by atoms with E-state index in [2.05, 4.69) is 17.1 Å². The van der Waals surface area contributed by atoms with Gasteiger partial charge in [0.1, 0.15) is 5.78 Å². The quantitative estimate of drug-likeness (QED) is 0.770. The van der Waals surface area contributed by atoms with Crippen molar-refractivity contribution in [3.8, 4) is 0 Å². The fourth-order valence-electron chi connectivity index (χ4n) is 1.72. The molecule has 0 saturated carbocycles. The Labute approximate surface area is 82.9 Å². The van der Waals surface area contributed by atoms with Crippen LogP contribution in [0.15, 0.2) is 24.3 Å². The number of carbonyl (C=O) groups excluding carboxylic acids is 1. The van der Waals surface area contributed by atoms with Crippen LogP contribution in [-0.2, 0) is 11.2 Å². The van der Waals surface area contributed by atoms with E-state index in [9.17, 15) is 4.79 Å². The lowest BCUT2D eigenvalue weighted by Crippen LogP contribution is -1.95. The summed E-state index contributed by atoms with van der Waals surface area (Å²) in [7, 11) is 0. The minimum Gasteiger partial charge on any atom is -0.359 e. The van der Waals surface area contributed by atoms with E-state index in [1.165, 1.54) is 5.39 Å². The molecule has 0 fully saturated rings. The molecule has 14 heavy (non-hydrogen) atoms. The second-order valence-corrected chi connectivity index (χ2v) is 3.75. The maximum atomic E-state index is 10.9. The first-order chi connectivity index (χ1) is 6.65. The molecule has 0 atom stereocenters. The fourth-order valence-corrected chi connectivity index (χ4v) is 1.72. The summed E-state index contributed by atoms with van der Waals surface area (Å²) in [6.45, 7) is 3.65. The normalized spacial score (nSPS) is 10.7. The van der Waals surface area contributed by atoms with E-state index >= 15 is 0 Å². The van der Waals surface area contributed by atoms with Crippen LogP contribution in [0.5, 0.6) is 0 Å². The Morgan fingerprint density at radius 2 is 2.14 bits per heavy atom. The highest BCUT2D eigenvalue weighted by Gasteiger charge is 2.01. The molecular weight excluding hydrogens is 174 g/mol. The van der Waals surface area contributed by atoms with E-state index in [1.807, 2.05) is 19.1 Å². The number of nitrogens with one attached hydrogen (secondary N) is 1. The Bertz CT molecular complexity index is 482. The molecule has 0 aliphatic carbocycles. The van der Waals surface area contributed by atoms with Gasteiger partial charge in [0.05, 0.1) is 0 Å². The first-order valence-electron chi connectivity index (χ1n) is 4.73. The predicted molar refractivity (Wildman–Crippen MR) is 57.4 cm³/mol. The topological polar surface area (TPSA) is 32.9 Å². The number of hydrogen-bond acceptors (Lipinski definition) is 1. The summed E-state index contributed by atoms with van der Waals surface area (Å²) in [5.41, 5.74) is 3.37. The minimum absolute atomic E-state index is 0.205. The van der Waals surface area contributed by atoms with E-state index < -0.39 is 0 Å². The van der Waals surface area contributed by atoms with E-state index in [0.717, 1.165) is 16.8 Å². The second kappa shape index (κ2) is 3.29. The number of carbonyl (C=O) groups is 1. The van der Waals surface area contributed by atoms with Crippen LogP contribution in [0.4, 0.5) is 0 Å². The SMILES string of the molecule is CC(=O)Cc1ccc2[nH]c(C)cc2c1. The van der Waals surface area contributed by atoms with Crippen molar-refractivity contribution in [3.05, 3.63) is 35.5 Å². The number of benzene rings is 1. The van der Waals surface area contributed by atoms with Gasteiger partial charge in [-0.2, -0.15) is 0 Å². The molecule has 0 spiro atoms. The van der Waals surface area contributed by atoms with Crippen LogP contribution < -0.4 is 0 Å². The van der Waals surface area contributed by atoms with Gasteiger partial charge in [0.2, 0.25) is 0 Å². The maximum Gasteiger partial charge on any atom is 0.134 e. The van der Waals surface area contributed by atoms with Gasteiger partial charge < -0.3 is 4.98 Å². The molecule has 2 aromatic rings. The Hall–Kier alpha value is -1.57. The Morgan fingerprint density at radius 1 is 1.36 bits per heavy atom. The first kappa shape index (κ1) is 9.00. The van der Waals surface area contributed by atoms with Gasteiger partial charge in [-0.05, 0) is 43.0 Å². The summed E-state index contributed by atoms with van der Waals surface area (Å²) in [5, 5.41) is 1.18. The molecule has 0 unspecified atom stereocenters. The number of H-pyrrole nitrogens is 1. The maximum absolute atomic E-state index is 10.9. The zero-order valence-electron chi connectivity index (χ0n) is 8.42. The average Bonchev–Trinajstić information content (AvgIpc) is 2.42. The summed E-state index contributed by atoms with van der Waals surface area (Å²) in [6, 6.07) is 8.19. The van der Waals surface area contributed by atoms with Crippen LogP contribution in [0, 0.1) is 6.92 Å². The summed E-state index contributed by atoms with van der Waals surface area (Å²) < 4.78 is 0. The molecule has 2 heteroatoms. The van der Waals surface area contributed by atoms with E-state index in [-0.39, 0.29) is 5.78 Å². The van der Waals surface area contributed by atoms with E-state index in [4.69, 9.17) is 0 Å². The average molecular weight is 187 g/mol. The predicted octanol–water partition coefficient (Wildman–Crippen LogP) is 2.61. The lowest BCUT2D eigenvalue weighted by atomic mass is 10.1. The zero-order chi connectivity index (χ0) is 10.1. The Balaban J connectivity index is 2.45. The number of fused-ring (bicyclic) bond motifs is 1. The van der Waals surface area contributed by atoms with Gasteiger partial charge in [-0.25, -0.2) is 0 Å². The molecule has 0 aliphatic rings. The second-order valence-electron chi connectivity index (χ2n) is 3.75. The standard InChI is InChI=1S/C12H13NO/c1-8-5-11-7-10(6-9(2)14)3-4-12(11)13-8/h3-5,7,13H,6H2,1-2H3. The number of hydrogen-bond donors (Lipinski definition) is 1. The number of ketones is 1. The smallest absolute Gasteiger partial charge is 0.134 e. The van der Waals surface area contributed by atoms with Crippen LogP contribution in [-0.4, -0.2) is 10.8 Å². The number of rotatable bonds is 2. The van der Waals surface area contributed by atoms with Crippen molar-refractivity contribution < 1.29 is 4.79 Å². The molecule has 0 radical (unpaired) electrons. The molecule has 0 aliphatic heterocycles. The van der Waals surface area contributed by atoms with E-state index in [1.54, 1.807) is 6.92 Å². The van der Waals surface area contributed by atoms with Gasteiger partial charge in [-0.1, -0.05) is 6.07 Å². The van der Waals surface area contributed by atoms with Crippen molar-refractivity contribution >= 4 is 16.7 Å². The summed E-state index contributed by atoms with van der Waals surface area (Å²) in [6.07, 6.45) is 0.528. The monoisotopic (exact) mass is 187 g/mol. The van der Waals surface area contributed by atoms with E-state index in [0.29, 0.717) is 6.42 Å². The number of aryl methyl sites for hydroxylation is 1. The molecule has 2 rings (SSSR count). The van der Waals surface area contributed by atoms with Crippen molar-refractivity contribution in [2.24, 2.45) is 0 Å². The molecule has 0 bridgehead atoms. The molecule has 1 heterocycles. The van der Waals surface area contributed by atoms with Crippen molar-refractivity contribution in [2.75, 3.05) is 0 Å². The molecule has 0 amide bonds. The van der Waals surface area contributed by atoms with Gasteiger partial charge in [0.25, 0.3) is 0 Å². The van der Waals surface area contributed by atoms with Crippen LogP contribution in [0.2, 0.25) is 0 Å². The summed E-state index contributed by atoms with van der Waals surface area (Å²) in [5.74, 6) is 0.205. The van der Waals surface area contributed by atoms with Crippen LogP contribution in [0.3, 0.4) is 0 Å². The van der Waals surface area contributed by atoms with Gasteiger partial charge in [-0.3, -0.25) is 4.79 Å².